The first-order valence-corrected chi connectivity index (χ1v) is 6.24. The molecule has 1 aromatic rings. The SMILES string of the molecule is COC(=O)/C(Cc1ccccc1)=N\C(=O)OC(C)(C)C. The molecule has 0 radical (unpaired) electrons. The summed E-state index contributed by atoms with van der Waals surface area (Å²) >= 11 is 0. The molecule has 0 aliphatic rings. The summed E-state index contributed by atoms with van der Waals surface area (Å²) in [5.74, 6) is -0.639. The van der Waals surface area contributed by atoms with Crippen LogP contribution in [0.5, 0.6) is 0 Å². The Morgan fingerprint density at radius 3 is 2.25 bits per heavy atom. The van der Waals surface area contributed by atoms with Gasteiger partial charge in [0.1, 0.15) is 11.3 Å². The van der Waals surface area contributed by atoms with Crippen LogP contribution in [0.15, 0.2) is 35.3 Å². The normalized spacial score (nSPS) is 11.9. The lowest BCUT2D eigenvalue weighted by Gasteiger charge is -2.17. The van der Waals surface area contributed by atoms with Gasteiger partial charge in [-0.15, -0.1) is 0 Å². The van der Waals surface area contributed by atoms with Crippen molar-refractivity contribution < 1.29 is 19.1 Å². The van der Waals surface area contributed by atoms with Gasteiger partial charge in [0.25, 0.3) is 0 Å². The van der Waals surface area contributed by atoms with E-state index in [0.717, 1.165) is 5.56 Å². The Kier molecular flexibility index (Phi) is 5.43. The standard InChI is InChI=1S/C15H19NO4/c1-15(2,3)20-14(18)16-12(13(17)19-4)10-11-8-6-5-7-9-11/h5-9H,10H2,1-4H3/b16-12-. The number of esters is 1. The summed E-state index contributed by atoms with van der Waals surface area (Å²) in [6.07, 6.45) is -0.582. The number of ether oxygens (including phenoxy) is 2. The van der Waals surface area contributed by atoms with Crippen molar-refractivity contribution in [1.29, 1.82) is 0 Å². The summed E-state index contributed by atoms with van der Waals surface area (Å²) in [5.41, 5.74) is 0.224. The molecule has 0 N–H and O–H groups in total. The smallest absolute Gasteiger partial charge is 0.434 e. The fraction of sp³-hybridized carbons (Fsp3) is 0.400. The molecule has 1 rings (SSSR count). The van der Waals surface area contributed by atoms with Crippen LogP contribution in [-0.2, 0) is 20.7 Å². The summed E-state index contributed by atoms with van der Waals surface area (Å²) in [7, 11) is 1.25. The number of nitrogens with zero attached hydrogens (tertiary/aromatic N) is 1. The molecular formula is C15H19NO4. The lowest BCUT2D eigenvalue weighted by molar-refractivity contribution is -0.132. The zero-order valence-electron chi connectivity index (χ0n) is 12.2. The van der Waals surface area contributed by atoms with E-state index < -0.39 is 17.7 Å². The quantitative estimate of drug-likeness (QED) is 0.629. The third kappa shape index (κ3) is 5.65. The van der Waals surface area contributed by atoms with Gasteiger partial charge in [-0.3, -0.25) is 0 Å². The van der Waals surface area contributed by atoms with Crippen LogP contribution in [0.1, 0.15) is 26.3 Å². The van der Waals surface area contributed by atoms with E-state index in [4.69, 9.17) is 4.74 Å². The highest BCUT2D eigenvalue weighted by Gasteiger charge is 2.19. The number of rotatable bonds is 3. The van der Waals surface area contributed by atoms with Crippen molar-refractivity contribution in [3.8, 4) is 0 Å². The van der Waals surface area contributed by atoms with Crippen LogP contribution in [0.25, 0.3) is 0 Å². The second-order valence-electron chi connectivity index (χ2n) is 5.19. The predicted octanol–water partition coefficient (Wildman–Crippen LogP) is 2.78. The molecule has 0 aliphatic carbocycles. The van der Waals surface area contributed by atoms with Gasteiger partial charge in [0.2, 0.25) is 0 Å². The van der Waals surface area contributed by atoms with Crippen LogP contribution in [0, 0.1) is 0 Å². The van der Waals surface area contributed by atoms with Crippen LogP contribution < -0.4 is 0 Å². The Morgan fingerprint density at radius 2 is 1.75 bits per heavy atom. The van der Waals surface area contributed by atoms with Crippen LogP contribution in [0.4, 0.5) is 4.79 Å². The molecular weight excluding hydrogens is 258 g/mol. The molecule has 0 saturated carbocycles. The molecule has 0 fully saturated rings. The van der Waals surface area contributed by atoms with Crippen LogP contribution in [0.2, 0.25) is 0 Å². The molecule has 0 heterocycles. The maximum absolute atomic E-state index is 11.7. The minimum absolute atomic E-state index is 0.0213. The fourth-order valence-corrected chi connectivity index (χ4v) is 1.46. The van der Waals surface area contributed by atoms with Crippen molar-refractivity contribution in [3.05, 3.63) is 35.9 Å². The lowest BCUT2D eigenvalue weighted by atomic mass is 10.1. The molecule has 0 aliphatic heterocycles. The van der Waals surface area contributed by atoms with Gasteiger partial charge in [-0.2, -0.15) is 4.99 Å². The van der Waals surface area contributed by atoms with Gasteiger partial charge >= 0.3 is 12.1 Å². The molecule has 0 bridgehead atoms. The van der Waals surface area contributed by atoms with Gasteiger partial charge in [0.15, 0.2) is 0 Å². The number of amides is 1. The van der Waals surface area contributed by atoms with Crippen molar-refractivity contribution in [3.63, 3.8) is 0 Å². The Hall–Kier alpha value is -2.17. The van der Waals surface area contributed by atoms with E-state index in [1.54, 1.807) is 20.8 Å². The van der Waals surface area contributed by atoms with Gasteiger partial charge in [0.05, 0.1) is 7.11 Å². The molecule has 0 saturated heterocycles. The molecule has 108 valence electrons. The van der Waals surface area contributed by atoms with Gasteiger partial charge < -0.3 is 9.47 Å². The van der Waals surface area contributed by atoms with Crippen molar-refractivity contribution >= 4 is 17.8 Å². The number of hydrogen-bond donors (Lipinski definition) is 0. The van der Waals surface area contributed by atoms with E-state index in [9.17, 15) is 9.59 Å². The molecule has 0 unspecified atom stereocenters. The molecule has 0 spiro atoms. The van der Waals surface area contributed by atoms with E-state index in [2.05, 4.69) is 9.73 Å². The number of aliphatic imine (C=N–C) groups is 1. The average Bonchev–Trinajstić information content (AvgIpc) is 2.36. The molecule has 1 aromatic carbocycles. The first kappa shape index (κ1) is 15.9. The summed E-state index contributed by atoms with van der Waals surface area (Å²) in [4.78, 5) is 27.0. The largest absolute Gasteiger partial charge is 0.465 e. The monoisotopic (exact) mass is 277 g/mol. The van der Waals surface area contributed by atoms with Crippen LogP contribution in [0.3, 0.4) is 0 Å². The van der Waals surface area contributed by atoms with E-state index in [0.29, 0.717) is 0 Å². The van der Waals surface area contributed by atoms with E-state index in [1.165, 1.54) is 7.11 Å². The number of hydrogen-bond acceptors (Lipinski definition) is 4. The number of methoxy groups -OCH3 is 1. The fourth-order valence-electron chi connectivity index (χ4n) is 1.46. The summed E-state index contributed by atoms with van der Waals surface area (Å²) in [5, 5.41) is 0. The zero-order valence-corrected chi connectivity index (χ0v) is 12.2. The third-order valence-electron chi connectivity index (χ3n) is 2.26. The first-order valence-electron chi connectivity index (χ1n) is 6.24. The average molecular weight is 277 g/mol. The summed E-state index contributed by atoms with van der Waals surface area (Å²) in [6.45, 7) is 5.19. The number of benzene rings is 1. The van der Waals surface area contributed by atoms with E-state index in [-0.39, 0.29) is 12.1 Å². The first-order chi connectivity index (χ1) is 9.31. The Balaban J connectivity index is 2.90. The van der Waals surface area contributed by atoms with Crippen molar-refractivity contribution in [2.75, 3.05) is 7.11 Å². The minimum Gasteiger partial charge on any atom is -0.465 e. The molecule has 5 nitrogen and oxygen atoms in total. The Labute approximate surface area is 118 Å². The Bertz CT molecular complexity index is 500. The highest BCUT2D eigenvalue weighted by Crippen LogP contribution is 2.09. The topological polar surface area (TPSA) is 65.0 Å². The second-order valence-corrected chi connectivity index (χ2v) is 5.19. The maximum atomic E-state index is 11.7. The summed E-state index contributed by atoms with van der Waals surface area (Å²) in [6, 6.07) is 9.24. The van der Waals surface area contributed by atoms with Gasteiger partial charge in [-0.1, -0.05) is 30.3 Å². The maximum Gasteiger partial charge on any atom is 0.434 e. The lowest BCUT2D eigenvalue weighted by Crippen LogP contribution is -2.25. The van der Waals surface area contributed by atoms with E-state index >= 15 is 0 Å². The van der Waals surface area contributed by atoms with Crippen molar-refractivity contribution in [1.82, 2.24) is 0 Å². The van der Waals surface area contributed by atoms with Gasteiger partial charge in [0, 0.05) is 6.42 Å². The van der Waals surface area contributed by atoms with Crippen molar-refractivity contribution in [2.45, 2.75) is 32.8 Å². The predicted molar refractivity (Wildman–Crippen MR) is 75.8 cm³/mol. The van der Waals surface area contributed by atoms with Gasteiger partial charge in [-0.05, 0) is 26.3 Å². The number of carbonyl (C=O) groups excluding carboxylic acids is 2. The van der Waals surface area contributed by atoms with Crippen LogP contribution in [-0.4, -0.2) is 30.5 Å². The molecule has 20 heavy (non-hydrogen) atoms. The van der Waals surface area contributed by atoms with E-state index in [1.807, 2.05) is 30.3 Å². The summed E-state index contributed by atoms with van der Waals surface area (Å²) < 4.78 is 9.70. The highest BCUT2D eigenvalue weighted by molar-refractivity contribution is 6.38. The second kappa shape index (κ2) is 6.84. The molecule has 0 aromatic heterocycles. The zero-order chi connectivity index (χ0) is 15.2. The highest BCUT2D eigenvalue weighted by atomic mass is 16.6. The molecule has 5 heteroatoms. The third-order valence-corrected chi connectivity index (χ3v) is 2.26. The minimum atomic E-state index is -0.797. The number of carbonyl (C=O) groups is 2. The van der Waals surface area contributed by atoms with Gasteiger partial charge in [-0.25, -0.2) is 9.59 Å². The molecule has 1 amide bonds. The van der Waals surface area contributed by atoms with Crippen molar-refractivity contribution in [2.24, 2.45) is 4.99 Å². The Morgan fingerprint density at radius 1 is 1.15 bits per heavy atom. The van der Waals surface area contributed by atoms with Crippen LogP contribution >= 0.6 is 0 Å². The molecule has 0 atom stereocenters.